The van der Waals surface area contributed by atoms with Gasteiger partial charge in [0.2, 0.25) is 5.91 Å². The van der Waals surface area contributed by atoms with E-state index in [0.29, 0.717) is 13.0 Å². The molecular formula is C13H21N3O3S. The number of rotatable bonds is 5. The molecule has 0 aliphatic carbocycles. The van der Waals surface area contributed by atoms with Crippen LogP contribution in [0.15, 0.2) is 5.38 Å². The highest BCUT2D eigenvalue weighted by Gasteiger charge is 2.20. The van der Waals surface area contributed by atoms with Gasteiger partial charge in [0.1, 0.15) is 5.01 Å². The number of carbonyl (C=O) groups excluding carboxylic acids is 1. The number of aliphatic hydroxyl groups is 1. The van der Waals surface area contributed by atoms with Crippen molar-refractivity contribution in [2.24, 2.45) is 0 Å². The van der Waals surface area contributed by atoms with E-state index in [4.69, 9.17) is 9.84 Å². The van der Waals surface area contributed by atoms with Crippen molar-refractivity contribution in [1.29, 1.82) is 0 Å². The summed E-state index contributed by atoms with van der Waals surface area (Å²) in [5.41, 5.74) is 0.982. The maximum atomic E-state index is 11.6. The van der Waals surface area contributed by atoms with E-state index >= 15 is 0 Å². The third kappa shape index (κ3) is 4.24. The predicted octanol–water partition coefficient (Wildman–Crippen LogP) is -0.0331. The normalized spacial score (nSPS) is 20.1. The van der Waals surface area contributed by atoms with Crippen molar-refractivity contribution in [3.8, 4) is 0 Å². The highest BCUT2D eigenvalue weighted by molar-refractivity contribution is 7.09. The number of hydrogen-bond acceptors (Lipinski definition) is 6. The molecule has 0 spiro atoms. The molecule has 1 unspecified atom stereocenters. The van der Waals surface area contributed by atoms with Crippen LogP contribution >= 0.6 is 11.3 Å². The monoisotopic (exact) mass is 299 g/mol. The Balaban J connectivity index is 1.87. The molecule has 1 aromatic heterocycles. The molecule has 1 fully saturated rings. The average Bonchev–Trinajstić information content (AvgIpc) is 2.86. The number of ether oxygens (including phenoxy) is 1. The summed E-state index contributed by atoms with van der Waals surface area (Å²) in [5.74, 6) is 0.0672. The molecule has 1 saturated heterocycles. The SMILES string of the molecule is CN(C)C(=O)Cc1nc(CN2CCOC(CO)C2)cs1. The summed E-state index contributed by atoms with van der Waals surface area (Å²) in [4.78, 5) is 19.9. The molecule has 0 bridgehead atoms. The fourth-order valence-corrected chi connectivity index (χ4v) is 2.83. The lowest BCUT2D eigenvalue weighted by Gasteiger charge is -2.31. The van der Waals surface area contributed by atoms with Gasteiger partial charge in [0, 0.05) is 39.1 Å². The lowest BCUT2D eigenvalue weighted by atomic mass is 10.2. The van der Waals surface area contributed by atoms with E-state index in [2.05, 4.69) is 9.88 Å². The number of nitrogens with zero attached hydrogens (tertiary/aromatic N) is 3. The predicted molar refractivity (Wildman–Crippen MR) is 76.6 cm³/mol. The molecule has 0 radical (unpaired) electrons. The first-order chi connectivity index (χ1) is 9.58. The van der Waals surface area contributed by atoms with Crippen molar-refractivity contribution in [2.75, 3.05) is 40.4 Å². The average molecular weight is 299 g/mol. The molecule has 1 N–H and O–H groups in total. The van der Waals surface area contributed by atoms with Crippen LogP contribution in [-0.4, -0.2) is 72.3 Å². The Morgan fingerprint density at radius 2 is 2.45 bits per heavy atom. The van der Waals surface area contributed by atoms with Gasteiger partial charge >= 0.3 is 0 Å². The maximum Gasteiger partial charge on any atom is 0.228 e. The van der Waals surface area contributed by atoms with Gasteiger partial charge < -0.3 is 14.7 Å². The van der Waals surface area contributed by atoms with Gasteiger partial charge in [-0.2, -0.15) is 0 Å². The first-order valence-electron chi connectivity index (χ1n) is 6.66. The van der Waals surface area contributed by atoms with Gasteiger partial charge in [-0.25, -0.2) is 4.98 Å². The standard InChI is InChI=1S/C13H21N3O3S/c1-15(2)13(18)5-12-14-10(9-20-12)6-16-3-4-19-11(7-16)8-17/h9,11,17H,3-8H2,1-2H3. The zero-order chi connectivity index (χ0) is 14.5. The molecule has 112 valence electrons. The van der Waals surface area contributed by atoms with Crippen LogP contribution in [0.1, 0.15) is 10.7 Å². The number of hydrogen-bond donors (Lipinski definition) is 1. The maximum absolute atomic E-state index is 11.6. The van der Waals surface area contributed by atoms with Crippen LogP contribution in [0.5, 0.6) is 0 Å². The Hall–Kier alpha value is -1.02. The Morgan fingerprint density at radius 1 is 1.65 bits per heavy atom. The molecule has 0 aromatic carbocycles. The largest absolute Gasteiger partial charge is 0.394 e. The van der Waals surface area contributed by atoms with E-state index in [1.807, 2.05) is 5.38 Å². The van der Waals surface area contributed by atoms with Crippen molar-refractivity contribution in [1.82, 2.24) is 14.8 Å². The Kier molecular flexibility index (Phi) is 5.47. The fourth-order valence-electron chi connectivity index (χ4n) is 2.05. The number of carbonyl (C=O) groups is 1. The summed E-state index contributed by atoms with van der Waals surface area (Å²) >= 11 is 1.52. The smallest absolute Gasteiger partial charge is 0.228 e. The lowest BCUT2D eigenvalue weighted by Crippen LogP contribution is -2.43. The second-order valence-electron chi connectivity index (χ2n) is 5.11. The van der Waals surface area contributed by atoms with E-state index < -0.39 is 0 Å². The molecular weight excluding hydrogens is 278 g/mol. The summed E-state index contributed by atoms with van der Waals surface area (Å²) in [6.45, 7) is 3.00. The van der Waals surface area contributed by atoms with Crippen LogP contribution in [0.2, 0.25) is 0 Å². The summed E-state index contributed by atoms with van der Waals surface area (Å²) in [5, 5.41) is 12.0. The van der Waals surface area contributed by atoms with E-state index in [-0.39, 0.29) is 18.6 Å². The van der Waals surface area contributed by atoms with E-state index in [9.17, 15) is 4.79 Å². The molecule has 1 atom stereocenters. The highest BCUT2D eigenvalue weighted by atomic mass is 32.1. The fraction of sp³-hybridized carbons (Fsp3) is 0.692. The minimum Gasteiger partial charge on any atom is -0.394 e. The van der Waals surface area contributed by atoms with E-state index in [1.165, 1.54) is 11.3 Å². The molecule has 1 aliphatic heterocycles. The second kappa shape index (κ2) is 7.12. The zero-order valence-electron chi connectivity index (χ0n) is 11.9. The first kappa shape index (κ1) is 15.4. The number of thiazole rings is 1. The quantitative estimate of drug-likeness (QED) is 0.827. The minimum absolute atomic E-state index is 0.0517. The Labute approximate surface area is 123 Å². The Bertz CT molecular complexity index is 450. The van der Waals surface area contributed by atoms with Crippen molar-refractivity contribution >= 4 is 17.2 Å². The summed E-state index contributed by atoms with van der Waals surface area (Å²) in [6, 6.07) is 0. The molecule has 1 aromatic rings. The second-order valence-corrected chi connectivity index (χ2v) is 6.05. The molecule has 0 saturated carbocycles. The van der Waals surface area contributed by atoms with Gasteiger partial charge in [-0.3, -0.25) is 9.69 Å². The zero-order valence-corrected chi connectivity index (χ0v) is 12.7. The molecule has 7 heteroatoms. The minimum atomic E-state index is -0.0998. The van der Waals surface area contributed by atoms with Crippen molar-refractivity contribution in [3.05, 3.63) is 16.1 Å². The molecule has 20 heavy (non-hydrogen) atoms. The van der Waals surface area contributed by atoms with Gasteiger partial charge in [0.05, 0.1) is 31.4 Å². The number of morpholine rings is 1. The Morgan fingerprint density at radius 3 is 3.15 bits per heavy atom. The highest BCUT2D eigenvalue weighted by Crippen LogP contribution is 2.15. The molecule has 6 nitrogen and oxygen atoms in total. The van der Waals surface area contributed by atoms with Gasteiger partial charge in [-0.05, 0) is 0 Å². The van der Waals surface area contributed by atoms with Gasteiger partial charge in [0.25, 0.3) is 0 Å². The summed E-state index contributed by atoms with van der Waals surface area (Å²) in [6.07, 6.45) is 0.261. The number of likely N-dealkylation sites (N-methyl/N-ethyl adjacent to an activating group) is 1. The molecule has 1 amide bonds. The van der Waals surface area contributed by atoms with Crippen LogP contribution in [0.25, 0.3) is 0 Å². The van der Waals surface area contributed by atoms with Crippen molar-refractivity contribution in [3.63, 3.8) is 0 Å². The van der Waals surface area contributed by atoms with Crippen LogP contribution in [-0.2, 0) is 22.5 Å². The molecule has 1 aliphatic rings. The van der Waals surface area contributed by atoms with Crippen molar-refractivity contribution < 1.29 is 14.6 Å². The van der Waals surface area contributed by atoms with E-state index in [1.54, 1.807) is 19.0 Å². The first-order valence-corrected chi connectivity index (χ1v) is 7.54. The number of amides is 1. The van der Waals surface area contributed by atoms with Crippen molar-refractivity contribution in [2.45, 2.75) is 19.1 Å². The van der Waals surface area contributed by atoms with Crippen LogP contribution in [0, 0.1) is 0 Å². The van der Waals surface area contributed by atoms with Gasteiger partial charge in [-0.1, -0.05) is 0 Å². The topological polar surface area (TPSA) is 65.9 Å². The van der Waals surface area contributed by atoms with Gasteiger partial charge in [0.15, 0.2) is 0 Å². The molecule has 2 rings (SSSR count). The summed E-state index contributed by atoms with van der Waals surface area (Å²) in [7, 11) is 3.50. The number of aliphatic hydroxyl groups excluding tert-OH is 1. The summed E-state index contributed by atoms with van der Waals surface area (Å²) < 4.78 is 5.42. The number of aromatic nitrogens is 1. The molecule has 2 heterocycles. The van der Waals surface area contributed by atoms with Crippen LogP contribution in [0.4, 0.5) is 0 Å². The lowest BCUT2D eigenvalue weighted by molar-refractivity contribution is -0.127. The van der Waals surface area contributed by atoms with Crippen LogP contribution in [0.3, 0.4) is 0 Å². The van der Waals surface area contributed by atoms with Gasteiger partial charge in [-0.15, -0.1) is 11.3 Å². The third-order valence-electron chi connectivity index (χ3n) is 3.21. The third-order valence-corrected chi connectivity index (χ3v) is 4.11. The van der Waals surface area contributed by atoms with Crippen LogP contribution < -0.4 is 0 Å². The van der Waals surface area contributed by atoms with E-state index in [0.717, 1.165) is 30.3 Å².